The maximum atomic E-state index is 12.8. The van der Waals surface area contributed by atoms with Gasteiger partial charge >= 0.3 is 0 Å². The van der Waals surface area contributed by atoms with Crippen molar-refractivity contribution in [2.24, 2.45) is 0 Å². The first-order chi connectivity index (χ1) is 12.6. The highest BCUT2D eigenvalue weighted by Crippen LogP contribution is 2.28. The highest BCUT2D eigenvalue weighted by atomic mass is 32.1. The lowest BCUT2D eigenvalue weighted by molar-refractivity contribution is 0.0940. The number of amides is 1. The van der Waals surface area contributed by atoms with E-state index >= 15 is 0 Å². The molecule has 0 radical (unpaired) electrons. The standard InChI is InChI=1S/C19H23N5OS/c1-13-10-14(2)24-18(22-13)15(11-21-24)19(25)20-12-16(17-6-5-9-26-17)23-7-3-4-8-23/h5-6,9-11,16H,3-4,7-8,12H2,1-2H3,(H,20,25). The van der Waals surface area contributed by atoms with Crippen molar-refractivity contribution in [3.05, 3.63) is 51.6 Å². The van der Waals surface area contributed by atoms with Crippen LogP contribution in [0.4, 0.5) is 0 Å². The minimum atomic E-state index is -0.113. The van der Waals surface area contributed by atoms with Gasteiger partial charge in [-0.25, -0.2) is 9.50 Å². The van der Waals surface area contributed by atoms with E-state index in [1.165, 1.54) is 17.7 Å². The van der Waals surface area contributed by atoms with E-state index in [2.05, 4.69) is 37.8 Å². The fourth-order valence-electron chi connectivity index (χ4n) is 3.66. The molecule has 6 nitrogen and oxygen atoms in total. The number of thiophene rings is 1. The number of carbonyl (C=O) groups excluding carboxylic acids is 1. The predicted molar refractivity (Wildman–Crippen MR) is 103 cm³/mol. The highest BCUT2D eigenvalue weighted by Gasteiger charge is 2.25. The summed E-state index contributed by atoms with van der Waals surface area (Å²) in [7, 11) is 0. The number of fused-ring (bicyclic) bond motifs is 1. The molecule has 1 amide bonds. The molecule has 3 aromatic rings. The van der Waals surface area contributed by atoms with Crippen LogP contribution in [0.5, 0.6) is 0 Å². The van der Waals surface area contributed by atoms with Gasteiger partial charge in [0.2, 0.25) is 0 Å². The van der Waals surface area contributed by atoms with Gasteiger partial charge in [-0.15, -0.1) is 11.3 Å². The lowest BCUT2D eigenvalue weighted by atomic mass is 10.2. The second kappa shape index (κ2) is 7.17. The molecule has 0 bridgehead atoms. The molecule has 0 spiro atoms. The molecule has 26 heavy (non-hydrogen) atoms. The van der Waals surface area contributed by atoms with Crippen LogP contribution in [0.3, 0.4) is 0 Å². The molecule has 1 aliphatic heterocycles. The molecule has 1 atom stereocenters. The molecule has 7 heteroatoms. The summed E-state index contributed by atoms with van der Waals surface area (Å²) >= 11 is 1.75. The number of rotatable bonds is 5. The minimum Gasteiger partial charge on any atom is -0.350 e. The van der Waals surface area contributed by atoms with Gasteiger partial charge in [-0.05, 0) is 57.3 Å². The van der Waals surface area contributed by atoms with Crippen molar-refractivity contribution in [2.45, 2.75) is 32.7 Å². The van der Waals surface area contributed by atoms with Crippen LogP contribution in [0.15, 0.2) is 29.8 Å². The number of nitrogens with one attached hydrogen (secondary N) is 1. The number of aromatic nitrogens is 3. The van der Waals surface area contributed by atoms with E-state index in [-0.39, 0.29) is 11.9 Å². The first-order valence-electron chi connectivity index (χ1n) is 9.01. The molecular weight excluding hydrogens is 346 g/mol. The summed E-state index contributed by atoms with van der Waals surface area (Å²) in [6.07, 6.45) is 4.07. The van der Waals surface area contributed by atoms with Gasteiger partial charge in [-0.3, -0.25) is 9.69 Å². The zero-order chi connectivity index (χ0) is 18.1. The van der Waals surface area contributed by atoms with Crippen molar-refractivity contribution >= 4 is 22.9 Å². The molecular formula is C19H23N5OS. The van der Waals surface area contributed by atoms with Gasteiger partial charge in [0, 0.05) is 22.8 Å². The summed E-state index contributed by atoms with van der Waals surface area (Å²) in [6.45, 7) is 6.68. The van der Waals surface area contributed by atoms with Crippen LogP contribution in [0.2, 0.25) is 0 Å². The van der Waals surface area contributed by atoms with Crippen LogP contribution >= 0.6 is 11.3 Å². The smallest absolute Gasteiger partial charge is 0.256 e. The Balaban J connectivity index is 1.54. The van der Waals surface area contributed by atoms with Gasteiger partial charge in [0.1, 0.15) is 5.56 Å². The Labute approximate surface area is 156 Å². The third kappa shape index (κ3) is 3.24. The molecule has 4 heterocycles. The summed E-state index contributed by atoms with van der Waals surface area (Å²) in [6, 6.07) is 6.43. The number of likely N-dealkylation sites (tertiary alicyclic amines) is 1. The van der Waals surface area contributed by atoms with Crippen molar-refractivity contribution in [1.29, 1.82) is 0 Å². The molecule has 3 aromatic heterocycles. The van der Waals surface area contributed by atoms with Gasteiger partial charge in [-0.1, -0.05) is 6.07 Å². The fraction of sp³-hybridized carbons (Fsp3) is 0.421. The average molecular weight is 369 g/mol. The van der Waals surface area contributed by atoms with E-state index in [1.54, 1.807) is 22.0 Å². The molecule has 136 valence electrons. The first-order valence-corrected chi connectivity index (χ1v) is 9.89. The zero-order valence-electron chi connectivity index (χ0n) is 15.1. The molecule has 1 saturated heterocycles. The van der Waals surface area contributed by atoms with Crippen LogP contribution in [-0.2, 0) is 0 Å². The van der Waals surface area contributed by atoms with Crippen LogP contribution in [-0.4, -0.2) is 45.0 Å². The first kappa shape index (κ1) is 17.2. The van der Waals surface area contributed by atoms with Crippen molar-refractivity contribution in [1.82, 2.24) is 24.8 Å². The molecule has 0 saturated carbocycles. The maximum absolute atomic E-state index is 12.8. The maximum Gasteiger partial charge on any atom is 0.256 e. The Hall–Kier alpha value is -2.25. The lowest BCUT2D eigenvalue weighted by Gasteiger charge is -2.26. The third-order valence-electron chi connectivity index (χ3n) is 4.93. The van der Waals surface area contributed by atoms with Crippen LogP contribution in [0.1, 0.15) is 45.5 Å². The number of hydrogen-bond acceptors (Lipinski definition) is 5. The van der Waals surface area contributed by atoms with Crippen LogP contribution in [0.25, 0.3) is 5.65 Å². The topological polar surface area (TPSA) is 62.5 Å². The van der Waals surface area contributed by atoms with E-state index in [1.807, 2.05) is 19.9 Å². The second-order valence-electron chi connectivity index (χ2n) is 6.82. The highest BCUT2D eigenvalue weighted by molar-refractivity contribution is 7.10. The predicted octanol–water partition coefficient (Wildman–Crippen LogP) is 2.97. The quantitative estimate of drug-likeness (QED) is 0.751. The van der Waals surface area contributed by atoms with Crippen molar-refractivity contribution in [3.63, 3.8) is 0 Å². The summed E-state index contributed by atoms with van der Waals surface area (Å²) in [5.41, 5.74) is 3.01. The second-order valence-corrected chi connectivity index (χ2v) is 7.80. The van der Waals surface area contributed by atoms with Gasteiger partial charge in [0.05, 0.1) is 12.2 Å². The summed E-state index contributed by atoms with van der Waals surface area (Å²) in [5, 5.41) is 9.53. The molecule has 0 aliphatic carbocycles. The van der Waals surface area contributed by atoms with Gasteiger partial charge in [0.25, 0.3) is 5.91 Å². The monoisotopic (exact) mass is 369 g/mol. The van der Waals surface area contributed by atoms with Crippen LogP contribution < -0.4 is 5.32 Å². The average Bonchev–Trinajstić information content (AvgIpc) is 3.36. The Morgan fingerprint density at radius 3 is 2.88 bits per heavy atom. The number of carbonyl (C=O) groups is 1. The summed E-state index contributed by atoms with van der Waals surface area (Å²) in [5.74, 6) is -0.113. The zero-order valence-corrected chi connectivity index (χ0v) is 15.9. The Kier molecular flexibility index (Phi) is 4.74. The van der Waals surface area contributed by atoms with E-state index < -0.39 is 0 Å². The molecule has 4 rings (SSSR count). The Morgan fingerprint density at radius 2 is 2.15 bits per heavy atom. The van der Waals surface area contributed by atoms with E-state index in [0.29, 0.717) is 17.8 Å². The fourth-order valence-corrected chi connectivity index (χ4v) is 4.52. The summed E-state index contributed by atoms with van der Waals surface area (Å²) in [4.78, 5) is 21.1. The van der Waals surface area contributed by atoms with Gasteiger partial charge in [-0.2, -0.15) is 5.10 Å². The minimum absolute atomic E-state index is 0.113. The number of aryl methyl sites for hydroxylation is 2. The van der Waals surface area contributed by atoms with Crippen molar-refractivity contribution in [3.8, 4) is 0 Å². The lowest BCUT2D eigenvalue weighted by Crippen LogP contribution is -2.36. The van der Waals surface area contributed by atoms with E-state index in [9.17, 15) is 4.79 Å². The molecule has 1 aliphatic rings. The molecule has 1 N–H and O–H groups in total. The summed E-state index contributed by atoms with van der Waals surface area (Å²) < 4.78 is 1.72. The normalized spacial score (nSPS) is 16.2. The van der Waals surface area contributed by atoms with Crippen molar-refractivity contribution in [2.75, 3.05) is 19.6 Å². The largest absolute Gasteiger partial charge is 0.350 e. The van der Waals surface area contributed by atoms with Crippen molar-refractivity contribution < 1.29 is 4.79 Å². The van der Waals surface area contributed by atoms with Gasteiger partial charge < -0.3 is 5.32 Å². The Morgan fingerprint density at radius 1 is 1.35 bits per heavy atom. The third-order valence-corrected chi connectivity index (χ3v) is 5.91. The number of nitrogens with zero attached hydrogens (tertiary/aromatic N) is 4. The SMILES string of the molecule is Cc1cc(C)n2ncc(C(=O)NCC(c3cccs3)N3CCCC3)c2n1. The van der Waals surface area contributed by atoms with Gasteiger partial charge in [0.15, 0.2) is 5.65 Å². The molecule has 1 unspecified atom stereocenters. The van der Waals surface area contributed by atoms with Crippen LogP contribution in [0, 0.1) is 13.8 Å². The van der Waals surface area contributed by atoms with E-state index in [0.717, 1.165) is 24.5 Å². The Bertz CT molecular complexity index is 912. The number of hydrogen-bond donors (Lipinski definition) is 1. The molecule has 1 fully saturated rings. The van der Waals surface area contributed by atoms with E-state index in [4.69, 9.17) is 0 Å². The molecule has 0 aromatic carbocycles.